The maximum Gasteiger partial charge on any atom is 0.325 e. The van der Waals surface area contributed by atoms with Crippen LogP contribution in [-0.4, -0.2) is 36.1 Å². The van der Waals surface area contributed by atoms with E-state index in [2.05, 4.69) is 14.7 Å². The first-order valence-corrected chi connectivity index (χ1v) is 6.02. The van der Waals surface area contributed by atoms with E-state index in [1.54, 1.807) is 4.90 Å². The quantitative estimate of drug-likeness (QED) is 0.756. The highest BCUT2D eigenvalue weighted by Gasteiger charge is 2.13. The third-order valence-corrected chi connectivity index (χ3v) is 2.48. The van der Waals surface area contributed by atoms with Crippen molar-refractivity contribution in [3.05, 3.63) is 22.2 Å². The van der Waals surface area contributed by atoms with E-state index in [4.69, 9.17) is 0 Å². The van der Waals surface area contributed by atoms with Gasteiger partial charge in [-0.2, -0.15) is 0 Å². The number of rotatable bonds is 6. The van der Waals surface area contributed by atoms with Crippen molar-refractivity contribution in [1.82, 2.24) is 9.97 Å². The zero-order valence-corrected chi connectivity index (χ0v) is 11.0. The van der Waals surface area contributed by atoms with Gasteiger partial charge in [-0.3, -0.25) is 9.59 Å². The van der Waals surface area contributed by atoms with Crippen LogP contribution in [0.1, 0.15) is 26.1 Å². The first-order valence-electron chi connectivity index (χ1n) is 6.02. The summed E-state index contributed by atoms with van der Waals surface area (Å²) in [5.74, 6) is 0.787. The van der Waals surface area contributed by atoms with E-state index in [0.29, 0.717) is 24.6 Å². The molecule has 1 aromatic heterocycles. The summed E-state index contributed by atoms with van der Waals surface area (Å²) in [6, 6.07) is 1.40. The van der Waals surface area contributed by atoms with Gasteiger partial charge in [0.05, 0.1) is 7.11 Å². The van der Waals surface area contributed by atoms with Gasteiger partial charge in [0.2, 0.25) is 0 Å². The number of nitrogens with zero attached hydrogens (tertiary/aromatic N) is 2. The fourth-order valence-electron chi connectivity index (χ4n) is 1.59. The smallest absolute Gasteiger partial charge is 0.325 e. The van der Waals surface area contributed by atoms with Crippen LogP contribution in [0.25, 0.3) is 0 Å². The minimum atomic E-state index is -0.344. The number of hydrogen-bond donors (Lipinski definition) is 1. The van der Waals surface area contributed by atoms with Crippen LogP contribution in [0.3, 0.4) is 0 Å². The summed E-state index contributed by atoms with van der Waals surface area (Å²) in [6.45, 7) is 4.66. The number of nitrogens with one attached hydrogen (secondary N) is 1. The summed E-state index contributed by atoms with van der Waals surface area (Å²) in [5.41, 5.74) is -0.206. The molecule has 0 aliphatic rings. The van der Waals surface area contributed by atoms with Crippen molar-refractivity contribution in [1.29, 1.82) is 0 Å². The molecule has 0 unspecified atom stereocenters. The molecule has 6 heteroatoms. The number of H-pyrrole nitrogens is 1. The third-order valence-electron chi connectivity index (χ3n) is 2.48. The fourth-order valence-corrected chi connectivity index (χ4v) is 1.59. The summed E-state index contributed by atoms with van der Waals surface area (Å²) in [6.07, 6.45) is 1.49. The number of carbonyl (C=O) groups is 1. The van der Waals surface area contributed by atoms with Crippen LogP contribution in [0.4, 0.5) is 5.82 Å². The maximum absolute atomic E-state index is 11.5. The number of methoxy groups -OCH3 is 1. The molecule has 0 saturated heterocycles. The largest absolute Gasteiger partial charge is 0.468 e. The van der Waals surface area contributed by atoms with Crippen LogP contribution in [0, 0.1) is 0 Å². The lowest BCUT2D eigenvalue weighted by Crippen LogP contribution is -2.33. The topological polar surface area (TPSA) is 75.3 Å². The van der Waals surface area contributed by atoms with Crippen molar-refractivity contribution in [2.24, 2.45) is 0 Å². The molecule has 0 aliphatic heterocycles. The Morgan fingerprint density at radius 2 is 2.22 bits per heavy atom. The van der Waals surface area contributed by atoms with Gasteiger partial charge < -0.3 is 14.6 Å². The van der Waals surface area contributed by atoms with Gasteiger partial charge in [-0.1, -0.05) is 13.8 Å². The Bertz CT molecular complexity index is 456. The van der Waals surface area contributed by atoms with E-state index >= 15 is 0 Å². The van der Waals surface area contributed by atoms with E-state index in [-0.39, 0.29) is 18.1 Å². The van der Waals surface area contributed by atoms with Crippen molar-refractivity contribution < 1.29 is 9.53 Å². The number of hydrogen-bond acceptors (Lipinski definition) is 5. The minimum Gasteiger partial charge on any atom is -0.468 e. The normalized spacial score (nSPS) is 10.2. The molecule has 0 spiro atoms. The Morgan fingerprint density at radius 3 is 2.78 bits per heavy atom. The van der Waals surface area contributed by atoms with Crippen molar-refractivity contribution in [3.63, 3.8) is 0 Å². The zero-order valence-electron chi connectivity index (χ0n) is 11.0. The zero-order chi connectivity index (χ0) is 13.5. The summed E-state index contributed by atoms with van der Waals surface area (Å²) < 4.78 is 4.64. The molecular formula is C12H19N3O3. The summed E-state index contributed by atoms with van der Waals surface area (Å²) in [4.78, 5) is 31.6. The first-order chi connectivity index (χ1) is 8.60. The molecule has 0 aliphatic carbocycles. The van der Waals surface area contributed by atoms with Crippen LogP contribution < -0.4 is 10.5 Å². The van der Waals surface area contributed by atoms with Crippen LogP contribution in [0.15, 0.2) is 10.9 Å². The van der Waals surface area contributed by atoms with Gasteiger partial charge in [0.1, 0.15) is 18.2 Å². The van der Waals surface area contributed by atoms with Gasteiger partial charge in [-0.15, -0.1) is 0 Å². The van der Waals surface area contributed by atoms with Crippen molar-refractivity contribution in [3.8, 4) is 0 Å². The van der Waals surface area contributed by atoms with E-state index in [1.807, 2.05) is 13.8 Å². The Balaban J connectivity index is 3.00. The molecule has 0 atom stereocenters. The van der Waals surface area contributed by atoms with Crippen molar-refractivity contribution >= 4 is 11.8 Å². The highest BCUT2D eigenvalue weighted by Crippen LogP contribution is 2.09. The molecule has 6 nitrogen and oxygen atoms in total. The molecule has 1 rings (SSSR count). The van der Waals surface area contributed by atoms with Gasteiger partial charge >= 0.3 is 5.97 Å². The van der Waals surface area contributed by atoms with Crippen molar-refractivity contribution in [2.75, 3.05) is 25.1 Å². The van der Waals surface area contributed by atoms with Gasteiger partial charge in [-0.05, 0) is 6.42 Å². The Morgan fingerprint density at radius 1 is 1.50 bits per heavy atom. The highest BCUT2D eigenvalue weighted by atomic mass is 16.5. The third kappa shape index (κ3) is 3.87. The second-order valence-corrected chi connectivity index (χ2v) is 3.90. The van der Waals surface area contributed by atoms with Crippen LogP contribution in [0.5, 0.6) is 0 Å². The second kappa shape index (κ2) is 6.78. The van der Waals surface area contributed by atoms with E-state index < -0.39 is 0 Å². The SMILES string of the molecule is CCCN(CC(=O)OC)c1cc(=O)[nH]c(CC)n1. The summed E-state index contributed by atoms with van der Waals surface area (Å²) >= 11 is 0. The average Bonchev–Trinajstić information content (AvgIpc) is 2.37. The van der Waals surface area contributed by atoms with Crippen LogP contribution in [0.2, 0.25) is 0 Å². The van der Waals surface area contributed by atoms with Crippen LogP contribution >= 0.6 is 0 Å². The number of esters is 1. The molecule has 1 heterocycles. The van der Waals surface area contributed by atoms with E-state index in [0.717, 1.165) is 6.42 Å². The Labute approximate surface area is 106 Å². The van der Waals surface area contributed by atoms with Gasteiger partial charge in [-0.25, -0.2) is 4.98 Å². The molecule has 100 valence electrons. The summed E-state index contributed by atoms with van der Waals surface area (Å²) in [5, 5.41) is 0. The lowest BCUT2D eigenvalue weighted by atomic mass is 10.3. The molecule has 0 aromatic carbocycles. The van der Waals surface area contributed by atoms with Gasteiger partial charge in [0.15, 0.2) is 0 Å². The molecule has 1 aromatic rings. The number of aromatic nitrogens is 2. The molecular weight excluding hydrogens is 234 g/mol. The number of aromatic amines is 1. The predicted octanol–water partition coefficient (Wildman–Crippen LogP) is 0.722. The Hall–Kier alpha value is -1.85. The summed E-state index contributed by atoms with van der Waals surface area (Å²) in [7, 11) is 1.34. The Kier molecular flexibility index (Phi) is 5.35. The molecule has 0 radical (unpaired) electrons. The highest BCUT2D eigenvalue weighted by molar-refractivity contribution is 5.75. The maximum atomic E-state index is 11.5. The van der Waals surface area contributed by atoms with Crippen molar-refractivity contribution in [2.45, 2.75) is 26.7 Å². The molecule has 0 amide bonds. The average molecular weight is 253 g/mol. The van der Waals surface area contributed by atoms with Gasteiger partial charge in [0.25, 0.3) is 5.56 Å². The first kappa shape index (κ1) is 14.2. The molecule has 1 N–H and O–H groups in total. The minimum absolute atomic E-state index is 0.101. The molecule has 18 heavy (non-hydrogen) atoms. The number of carbonyl (C=O) groups excluding carboxylic acids is 1. The fraction of sp³-hybridized carbons (Fsp3) is 0.583. The predicted molar refractivity (Wildman–Crippen MR) is 68.8 cm³/mol. The van der Waals surface area contributed by atoms with Crippen LogP contribution in [-0.2, 0) is 16.0 Å². The standard InChI is InChI=1S/C12H19N3O3/c1-4-6-15(8-12(17)18-3)10-7-11(16)14-9(5-2)13-10/h7H,4-6,8H2,1-3H3,(H,13,14,16). The number of anilines is 1. The molecule has 0 saturated carbocycles. The lowest BCUT2D eigenvalue weighted by Gasteiger charge is -2.21. The van der Waals surface area contributed by atoms with E-state index in [1.165, 1.54) is 13.2 Å². The van der Waals surface area contributed by atoms with Gasteiger partial charge in [0, 0.05) is 19.0 Å². The molecule has 0 bridgehead atoms. The lowest BCUT2D eigenvalue weighted by molar-refractivity contribution is -0.138. The second-order valence-electron chi connectivity index (χ2n) is 3.90. The molecule has 0 fully saturated rings. The number of ether oxygens (including phenoxy) is 1. The number of aryl methyl sites for hydroxylation is 1. The van der Waals surface area contributed by atoms with E-state index in [9.17, 15) is 9.59 Å². The monoisotopic (exact) mass is 253 g/mol.